The number of fused-ring (bicyclic) bond motifs is 2. The predicted molar refractivity (Wildman–Crippen MR) is 162 cm³/mol. The van der Waals surface area contributed by atoms with E-state index in [0.29, 0.717) is 0 Å². The molecule has 1 aliphatic carbocycles. The lowest BCUT2D eigenvalue weighted by Gasteiger charge is -2.37. The van der Waals surface area contributed by atoms with Gasteiger partial charge in [-0.2, -0.15) is 0 Å². The van der Waals surface area contributed by atoms with Gasteiger partial charge in [0.25, 0.3) is 0 Å². The number of rotatable bonds is 4. The zero-order chi connectivity index (χ0) is 25.7. The van der Waals surface area contributed by atoms with Crippen molar-refractivity contribution < 1.29 is 0 Å². The number of anilines is 3. The van der Waals surface area contributed by atoms with Gasteiger partial charge in [-0.05, 0) is 80.6 Å². The SMILES string of the molecule is CC1(C)c2ccc(N(c3ccccc3)c3ccccc3)cc2-c2c(-c3ccccc3)ccc3cccc1c23. The number of hydrogen-bond acceptors (Lipinski definition) is 1. The van der Waals surface area contributed by atoms with E-state index in [1.165, 1.54) is 44.2 Å². The van der Waals surface area contributed by atoms with Gasteiger partial charge in [-0.25, -0.2) is 0 Å². The first-order valence-electron chi connectivity index (χ1n) is 13.3. The van der Waals surface area contributed by atoms with Crippen molar-refractivity contribution in [1.82, 2.24) is 0 Å². The van der Waals surface area contributed by atoms with Crippen LogP contribution in [0.25, 0.3) is 33.0 Å². The molecule has 1 aliphatic rings. The van der Waals surface area contributed by atoms with Crippen LogP contribution in [0.4, 0.5) is 17.1 Å². The second kappa shape index (κ2) is 8.75. The molecule has 0 amide bonds. The Morgan fingerprint density at radius 2 is 1.11 bits per heavy atom. The first kappa shape index (κ1) is 22.6. The average molecular weight is 488 g/mol. The van der Waals surface area contributed by atoms with E-state index in [-0.39, 0.29) is 5.41 Å². The minimum Gasteiger partial charge on any atom is -0.310 e. The molecule has 0 spiro atoms. The van der Waals surface area contributed by atoms with E-state index < -0.39 is 0 Å². The van der Waals surface area contributed by atoms with Crippen molar-refractivity contribution >= 4 is 27.8 Å². The molecule has 0 heterocycles. The van der Waals surface area contributed by atoms with Crippen LogP contribution in [0, 0.1) is 0 Å². The van der Waals surface area contributed by atoms with Crippen LogP contribution in [0.1, 0.15) is 25.0 Å². The summed E-state index contributed by atoms with van der Waals surface area (Å²) < 4.78 is 0. The lowest BCUT2D eigenvalue weighted by atomic mass is 9.67. The summed E-state index contributed by atoms with van der Waals surface area (Å²) in [5.41, 5.74) is 11.3. The highest BCUT2D eigenvalue weighted by Gasteiger charge is 2.35. The van der Waals surface area contributed by atoms with Crippen molar-refractivity contribution in [2.45, 2.75) is 19.3 Å². The molecule has 1 nitrogen and oxygen atoms in total. The Kier molecular flexibility index (Phi) is 5.19. The van der Waals surface area contributed by atoms with Crippen molar-refractivity contribution in [3.05, 3.63) is 151 Å². The summed E-state index contributed by atoms with van der Waals surface area (Å²) in [6.07, 6.45) is 0. The van der Waals surface area contributed by atoms with Gasteiger partial charge in [0.15, 0.2) is 0 Å². The standard InChI is InChI=1S/C37H29N/c1-37(2)33-24-22-30(38(28-16-8-4-9-17-28)29-18-10-5-11-19-29)25-32(33)36-31(26-13-6-3-7-14-26)23-21-27-15-12-20-34(37)35(27)36/h3-25H,1-2H3. The molecule has 0 aromatic heterocycles. The quantitative estimate of drug-likeness (QED) is 0.239. The molecule has 0 unspecified atom stereocenters. The second-order valence-corrected chi connectivity index (χ2v) is 10.6. The highest BCUT2D eigenvalue weighted by Crippen LogP contribution is 2.53. The van der Waals surface area contributed by atoms with Crippen LogP contribution < -0.4 is 4.90 Å². The molecule has 0 atom stereocenters. The van der Waals surface area contributed by atoms with Gasteiger partial charge in [0.05, 0.1) is 0 Å². The minimum atomic E-state index is -0.111. The summed E-state index contributed by atoms with van der Waals surface area (Å²) in [5, 5.41) is 2.67. The Hall–Kier alpha value is -4.62. The molecule has 6 aromatic carbocycles. The van der Waals surface area contributed by atoms with Gasteiger partial charge in [0.1, 0.15) is 0 Å². The largest absolute Gasteiger partial charge is 0.310 e. The van der Waals surface area contributed by atoms with Gasteiger partial charge in [-0.1, -0.05) is 117 Å². The van der Waals surface area contributed by atoms with Gasteiger partial charge >= 0.3 is 0 Å². The monoisotopic (exact) mass is 487 g/mol. The van der Waals surface area contributed by atoms with Gasteiger partial charge in [-0.15, -0.1) is 0 Å². The second-order valence-electron chi connectivity index (χ2n) is 10.6. The fraction of sp³-hybridized carbons (Fsp3) is 0.0811. The lowest BCUT2D eigenvalue weighted by Crippen LogP contribution is -2.24. The molecule has 38 heavy (non-hydrogen) atoms. The molecule has 0 fully saturated rings. The van der Waals surface area contributed by atoms with E-state index >= 15 is 0 Å². The number of benzene rings is 6. The van der Waals surface area contributed by atoms with E-state index in [0.717, 1.165) is 17.1 Å². The molecule has 1 heteroatoms. The molecular weight excluding hydrogens is 458 g/mol. The van der Waals surface area contributed by atoms with Crippen molar-refractivity contribution in [3.8, 4) is 22.3 Å². The molecule has 0 radical (unpaired) electrons. The minimum absolute atomic E-state index is 0.111. The molecule has 0 N–H and O–H groups in total. The predicted octanol–water partition coefficient (Wildman–Crippen LogP) is 10.3. The van der Waals surface area contributed by atoms with Crippen molar-refractivity contribution in [2.24, 2.45) is 0 Å². The smallest absolute Gasteiger partial charge is 0.0468 e. The highest BCUT2D eigenvalue weighted by molar-refractivity contribution is 6.09. The number of hydrogen-bond donors (Lipinski definition) is 0. The molecule has 0 saturated heterocycles. The van der Waals surface area contributed by atoms with E-state index in [1.807, 2.05) is 0 Å². The van der Waals surface area contributed by atoms with E-state index in [4.69, 9.17) is 0 Å². The summed E-state index contributed by atoms with van der Waals surface area (Å²) >= 11 is 0. The number of para-hydroxylation sites is 2. The maximum atomic E-state index is 2.41. The summed E-state index contributed by atoms with van der Waals surface area (Å²) in [5.74, 6) is 0. The zero-order valence-corrected chi connectivity index (χ0v) is 21.7. The summed E-state index contributed by atoms with van der Waals surface area (Å²) in [6.45, 7) is 4.73. The molecule has 0 bridgehead atoms. The molecule has 0 aliphatic heterocycles. The molecule has 7 rings (SSSR count). The Labute approximate surface area is 224 Å². The van der Waals surface area contributed by atoms with Crippen LogP contribution in [-0.4, -0.2) is 0 Å². The average Bonchev–Trinajstić information content (AvgIpc) is 2.97. The maximum absolute atomic E-state index is 2.41. The van der Waals surface area contributed by atoms with E-state index in [2.05, 4.69) is 158 Å². The molecule has 0 saturated carbocycles. The first-order valence-corrected chi connectivity index (χ1v) is 13.3. The van der Waals surface area contributed by atoms with Crippen LogP contribution in [0.2, 0.25) is 0 Å². The third kappa shape index (κ3) is 3.47. The normalized spacial score (nSPS) is 13.2. The topological polar surface area (TPSA) is 3.24 Å². The molecule has 182 valence electrons. The zero-order valence-electron chi connectivity index (χ0n) is 21.7. The van der Waals surface area contributed by atoms with Crippen molar-refractivity contribution in [3.63, 3.8) is 0 Å². The molecular formula is C37H29N. The Morgan fingerprint density at radius 3 is 1.76 bits per heavy atom. The van der Waals surface area contributed by atoms with Crippen LogP contribution in [0.15, 0.2) is 140 Å². The Bertz CT molecular complexity index is 1730. The van der Waals surface area contributed by atoms with E-state index in [1.54, 1.807) is 0 Å². The summed E-state index contributed by atoms with van der Waals surface area (Å²) in [4.78, 5) is 2.36. The van der Waals surface area contributed by atoms with Crippen LogP contribution in [-0.2, 0) is 5.41 Å². The van der Waals surface area contributed by atoms with Crippen LogP contribution in [0.3, 0.4) is 0 Å². The highest BCUT2D eigenvalue weighted by atomic mass is 15.1. The Balaban J connectivity index is 1.55. The Morgan fingerprint density at radius 1 is 0.474 bits per heavy atom. The lowest BCUT2D eigenvalue weighted by molar-refractivity contribution is 0.645. The van der Waals surface area contributed by atoms with Crippen molar-refractivity contribution in [2.75, 3.05) is 4.90 Å². The van der Waals surface area contributed by atoms with Gasteiger partial charge < -0.3 is 4.90 Å². The van der Waals surface area contributed by atoms with Crippen molar-refractivity contribution in [1.29, 1.82) is 0 Å². The van der Waals surface area contributed by atoms with Gasteiger partial charge in [0, 0.05) is 22.5 Å². The summed E-state index contributed by atoms with van der Waals surface area (Å²) in [7, 11) is 0. The van der Waals surface area contributed by atoms with Crippen LogP contribution >= 0.6 is 0 Å². The van der Waals surface area contributed by atoms with Gasteiger partial charge in [-0.3, -0.25) is 0 Å². The fourth-order valence-corrected chi connectivity index (χ4v) is 6.21. The third-order valence-corrected chi connectivity index (χ3v) is 8.04. The molecule has 6 aromatic rings. The van der Waals surface area contributed by atoms with Crippen LogP contribution in [0.5, 0.6) is 0 Å². The maximum Gasteiger partial charge on any atom is 0.0468 e. The summed E-state index contributed by atoms with van der Waals surface area (Å²) in [6, 6.07) is 50.5. The fourth-order valence-electron chi connectivity index (χ4n) is 6.21. The van der Waals surface area contributed by atoms with E-state index in [9.17, 15) is 0 Å². The third-order valence-electron chi connectivity index (χ3n) is 8.04. The number of nitrogens with zero attached hydrogens (tertiary/aromatic N) is 1. The first-order chi connectivity index (χ1) is 18.6. The van der Waals surface area contributed by atoms with Gasteiger partial charge in [0.2, 0.25) is 0 Å².